The van der Waals surface area contributed by atoms with E-state index in [-0.39, 0.29) is 0 Å². The van der Waals surface area contributed by atoms with Crippen LogP contribution in [0, 0.1) is 0 Å². The fraction of sp³-hybridized carbons (Fsp3) is 0.700. The van der Waals surface area contributed by atoms with Gasteiger partial charge in [0.15, 0.2) is 0 Å². The first-order valence-corrected chi connectivity index (χ1v) is 9.95. The molecule has 0 amide bonds. The summed E-state index contributed by atoms with van der Waals surface area (Å²) < 4.78 is 0. The minimum atomic E-state index is 0.967. The highest BCUT2D eigenvalue weighted by Crippen LogP contribution is 1.96. The lowest BCUT2D eigenvalue weighted by Gasteiger charge is -2.08. The maximum Gasteiger partial charge on any atom is 0.0205 e. The van der Waals surface area contributed by atoms with Crippen LogP contribution in [0.5, 0.6) is 0 Å². The summed E-state index contributed by atoms with van der Waals surface area (Å²) in [4.78, 5) is 0. The van der Waals surface area contributed by atoms with Crippen molar-refractivity contribution < 1.29 is 0 Å². The van der Waals surface area contributed by atoms with Crippen molar-refractivity contribution in [2.75, 3.05) is 59.4 Å². The molecule has 0 bridgehead atoms. The Labute approximate surface area is 154 Å². The van der Waals surface area contributed by atoms with Crippen LogP contribution in [-0.4, -0.2) is 59.4 Å². The largest absolute Gasteiger partial charge is 0.320 e. The summed E-state index contributed by atoms with van der Waals surface area (Å²) in [6.07, 6.45) is 4.80. The molecule has 144 valence electrons. The summed E-state index contributed by atoms with van der Waals surface area (Å²) in [6, 6.07) is 10.6. The molecule has 0 radical (unpaired) electrons. The third-order valence-corrected chi connectivity index (χ3v) is 4.07. The van der Waals surface area contributed by atoms with Gasteiger partial charge in [-0.15, -0.1) is 0 Å². The summed E-state index contributed by atoms with van der Waals surface area (Å²) >= 11 is 0. The van der Waals surface area contributed by atoms with E-state index in [2.05, 4.69) is 56.9 Å². The lowest BCUT2D eigenvalue weighted by atomic mass is 10.2. The molecule has 0 aliphatic heterocycles. The molecule has 5 N–H and O–H groups in total. The Kier molecular flexibility index (Phi) is 15.7. The zero-order valence-corrected chi connectivity index (χ0v) is 16.1. The Morgan fingerprint density at radius 1 is 0.560 bits per heavy atom. The van der Waals surface area contributed by atoms with E-state index in [4.69, 9.17) is 0 Å². The first-order valence-electron chi connectivity index (χ1n) is 9.95. The molecule has 0 heterocycles. The smallest absolute Gasteiger partial charge is 0.0205 e. The van der Waals surface area contributed by atoms with Crippen LogP contribution in [0.25, 0.3) is 0 Å². The van der Waals surface area contributed by atoms with Gasteiger partial charge in [0.05, 0.1) is 0 Å². The van der Waals surface area contributed by atoms with Gasteiger partial charge < -0.3 is 26.6 Å². The highest BCUT2D eigenvalue weighted by atomic mass is 14.9. The van der Waals surface area contributed by atoms with E-state index in [1.165, 1.54) is 31.2 Å². The van der Waals surface area contributed by atoms with Crippen LogP contribution in [0.2, 0.25) is 0 Å². The summed E-state index contributed by atoms with van der Waals surface area (Å²) in [6.45, 7) is 9.79. The van der Waals surface area contributed by atoms with Crippen LogP contribution < -0.4 is 26.6 Å². The predicted molar refractivity (Wildman–Crippen MR) is 109 cm³/mol. The number of rotatable bonds is 18. The topological polar surface area (TPSA) is 60.1 Å². The Balaban J connectivity index is 1.69. The van der Waals surface area contributed by atoms with Crippen molar-refractivity contribution in [3.8, 4) is 0 Å². The Hall–Kier alpha value is -0.980. The standard InChI is InChI=1S/C20H39N5/c1-21-11-5-12-22-13-6-14-23-15-7-16-24-17-8-18-25-19-20-9-3-2-4-10-20/h2-4,9-10,21-25H,5-8,11-19H2,1H3. The second-order valence-corrected chi connectivity index (χ2v) is 6.43. The monoisotopic (exact) mass is 349 g/mol. The average molecular weight is 350 g/mol. The molecule has 1 aromatic carbocycles. The molecular formula is C20H39N5. The Bertz CT molecular complexity index is 372. The van der Waals surface area contributed by atoms with Crippen LogP contribution in [0.4, 0.5) is 0 Å². The fourth-order valence-electron chi connectivity index (χ4n) is 2.61. The second kappa shape index (κ2) is 17.8. The third-order valence-electron chi connectivity index (χ3n) is 4.07. The number of nitrogens with one attached hydrogen (secondary N) is 5. The molecular weight excluding hydrogens is 310 g/mol. The second-order valence-electron chi connectivity index (χ2n) is 6.43. The first-order chi connectivity index (χ1) is 12.4. The van der Waals surface area contributed by atoms with Crippen molar-refractivity contribution in [1.29, 1.82) is 0 Å². The summed E-state index contributed by atoms with van der Waals surface area (Å²) in [5.41, 5.74) is 1.36. The van der Waals surface area contributed by atoms with E-state index in [1.807, 2.05) is 7.05 Å². The van der Waals surface area contributed by atoms with Crippen LogP contribution in [0.1, 0.15) is 31.2 Å². The Morgan fingerprint density at radius 3 is 1.48 bits per heavy atom. The van der Waals surface area contributed by atoms with Gasteiger partial charge in [-0.2, -0.15) is 0 Å². The van der Waals surface area contributed by atoms with Gasteiger partial charge in [-0.1, -0.05) is 30.3 Å². The fourth-order valence-corrected chi connectivity index (χ4v) is 2.61. The molecule has 0 spiro atoms. The lowest BCUT2D eigenvalue weighted by molar-refractivity contribution is 0.547. The average Bonchev–Trinajstić information content (AvgIpc) is 2.65. The molecule has 0 saturated carbocycles. The van der Waals surface area contributed by atoms with E-state index >= 15 is 0 Å². The Morgan fingerprint density at radius 2 is 1.00 bits per heavy atom. The van der Waals surface area contributed by atoms with E-state index in [1.54, 1.807) is 0 Å². The maximum absolute atomic E-state index is 3.52. The van der Waals surface area contributed by atoms with E-state index in [0.717, 1.165) is 58.9 Å². The number of hydrogen-bond acceptors (Lipinski definition) is 5. The van der Waals surface area contributed by atoms with Crippen molar-refractivity contribution in [2.45, 2.75) is 32.2 Å². The van der Waals surface area contributed by atoms with Crippen molar-refractivity contribution in [3.05, 3.63) is 35.9 Å². The molecule has 0 saturated heterocycles. The summed E-state index contributed by atoms with van der Waals surface area (Å²) in [5, 5.41) is 17.1. The number of benzene rings is 1. The lowest BCUT2D eigenvalue weighted by Crippen LogP contribution is -2.27. The molecule has 0 fully saturated rings. The molecule has 0 unspecified atom stereocenters. The zero-order valence-electron chi connectivity index (χ0n) is 16.1. The SMILES string of the molecule is CNCCCNCCCNCCCNCCCNCc1ccccc1. The summed E-state index contributed by atoms with van der Waals surface area (Å²) in [7, 11) is 2.00. The third kappa shape index (κ3) is 15.0. The molecule has 1 aromatic rings. The van der Waals surface area contributed by atoms with Crippen molar-refractivity contribution in [3.63, 3.8) is 0 Å². The van der Waals surface area contributed by atoms with E-state index in [9.17, 15) is 0 Å². The van der Waals surface area contributed by atoms with E-state index in [0.29, 0.717) is 0 Å². The van der Waals surface area contributed by atoms with Gasteiger partial charge >= 0.3 is 0 Å². The first kappa shape index (κ1) is 22.1. The molecule has 25 heavy (non-hydrogen) atoms. The predicted octanol–water partition coefficient (Wildman–Crippen LogP) is 1.32. The van der Waals surface area contributed by atoms with Crippen LogP contribution >= 0.6 is 0 Å². The van der Waals surface area contributed by atoms with Gasteiger partial charge in [-0.05, 0) is 90.7 Å². The molecule has 0 atom stereocenters. The molecule has 0 aliphatic rings. The van der Waals surface area contributed by atoms with Crippen LogP contribution in [-0.2, 0) is 6.54 Å². The molecule has 5 nitrogen and oxygen atoms in total. The van der Waals surface area contributed by atoms with Crippen molar-refractivity contribution in [2.24, 2.45) is 0 Å². The molecule has 0 aromatic heterocycles. The van der Waals surface area contributed by atoms with Gasteiger partial charge in [0, 0.05) is 6.54 Å². The minimum Gasteiger partial charge on any atom is -0.320 e. The molecule has 5 heteroatoms. The van der Waals surface area contributed by atoms with Gasteiger partial charge in [-0.25, -0.2) is 0 Å². The molecule has 1 rings (SSSR count). The van der Waals surface area contributed by atoms with Crippen molar-refractivity contribution in [1.82, 2.24) is 26.6 Å². The van der Waals surface area contributed by atoms with Crippen LogP contribution in [0.3, 0.4) is 0 Å². The van der Waals surface area contributed by atoms with Gasteiger partial charge in [0.1, 0.15) is 0 Å². The minimum absolute atomic E-state index is 0.967. The van der Waals surface area contributed by atoms with Gasteiger partial charge in [0.25, 0.3) is 0 Å². The highest BCUT2D eigenvalue weighted by molar-refractivity contribution is 5.14. The quantitative estimate of drug-likeness (QED) is 0.259. The van der Waals surface area contributed by atoms with Gasteiger partial charge in [0.2, 0.25) is 0 Å². The summed E-state index contributed by atoms with van der Waals surface area (Å²) in [5.74, 6) is 0. The van der Waals surface area contributed by atoms with E-state index < -0.39 is 0 Å². The van der Waals surface area contributed by atoms with Gasteiger partial charge in [-0.3, -0.25) is 0 Å². The highest BCUT2D eigenvalue weighted by Gasteiger charge is 1.93. The zero-order chi connectivity index (χ0) is 17.8. The normalized spacial score (nSPS) is 11.1. The number of hydrogen-bond donors (Lipinski definition) is 5. The molecule has 0 aliphatic carbocycles. The maximum atomic E-state index is 3.52. The van der Waals surface area contributed by atoms with Crippen LogP contribution in [0.15, 0.2) is 30.3 Å². The van der Waals surface area contributed by atoms with Crippen molar-refractivity contribution >= 4 is 0 Å².